The molecule has 0 bridgehead atoms. The predicted octanol–water partition coefficient (Wildman–Crippen LogP) is 9.68. The summed E-state index contributed by atoms with van der Waals surface area (Å²) >= 11 is 0. The van der Waals surface area contributed by atoms with Gasteiger partial charge in [0, 0.05) is 0 Å². The van der Waals surface area contributed by atoms with Crippen LogP contribution in [0.15, 0.2) is 12.2 Å². The third-order valence-electron chi connectivity index (χ3n) is 9.31. The fourth-order valence-corrected chi connectivity index (χ4v) is 7.24. The van der Waals surface area contributed by atoms with Gasteiger partial charge in [-0.25, -0.2) is 0 Å². The molecule has 0 heterocycles. The average Bonchev–Trinajstić information content (AvgIpc) is 2.81. The summed E-state index contributed by atoms with van der Waals surface area (Å²) in [7, 11) is 0. The molecular formula is C29H51F. The lowest BCUT2D eigenvalue weighted by atomic mass is 9.64. The molecule has 0 amide bonds. The molecular weight excluding hydrogens is 367 g/mol. The van der Waals surface area contributed by atoms with E-state index in [9.17, 15) is 4.39 Å². The van der Waals surface area contributed by atoms with Gasteiger partial charge in [-0.1, -0.05) is 64.0 Å². The van der Waals surface area contributed by atoms with E-state index in [4.69, 9.17) is 0 Å². The van der Waals surface area contributed by atoms with Gasteiger partial charge in [-0.2, -0.15) is 0 Å². The number of hydrogen-bond acceptors (Lipinski definition) is 0. The molecule has 1 heteroatoms. The van der Waals surface area contributed by atoms with Gasteiger partial charge in [0.15, 0.2) is 0 Å². The van der Waals surface area contributed by atoms with Crippen LogP contribution in [-0.4, -0.2) is 6.67 Å². The van der Waals surface area contributed by atoms with E-state index in [2.05, 4.69) is 19.1 Å². The first-order chi connectivity index (χ1) is 14.8. The molecule has 0 aromatic rings. The van der Waals surface area contributed by atoms with E-state index in [0.717, 1.165) is 41.9 Å². The molecule has 0 unspecified atom stereocenters. The van der Waals surface area contributed by atoms with Gasteiger partial charge in [0.2, 0.25) is 0 Å². The zero-order valence-electron chi connectivity index (χ0n) is 20.1. The zero-order valence-corrected chi connectivity index (χ0v) is 20.1. The van der Waals surface area contributed by atoms with Gasteiger partial charge >= 0.3 is 0 Å². The quantitative estimate of drug-likeness (QED) is 0.231. The molecule has 30 heavy (non-hydrogen) atoms. The van der Waals surface area contributed by atoms with Crippen LogP contribution >= 0.6 is 0 Å². The molecule has 0 aromatic heterocycles. The first-order valence-corrected chi connectivity index (χ1v) is 14.0. The minimum Gasteiger partial charge on any atom is -0.251 e. The number of alkyl halides is 1. The molecule has 0 atom stereocenters. The van der Waals surface area contributed by atoms with Crippen LogP contribution in [-0.2, 0) is 0 Å². The predicted molar refractivity (Wildman–Crippen MR) is 129 cm³/mol. The zero-order chi connectivity index (χ0) is 21.0. The summed E-state index contributed by atoms with van der Waals surface area (Å²) < 4.78 is 12.1. The lowest BCUT2D eigenvalue weighted by Gasteiger charge is -2.41. The van der Waals surface area contributed by atoms with Gasteiger partial charge in [0.1, 0.15) is 0 Å². The standard InChI is InChI=1S/C29H51F/c1-2-3-9-24-11-15-26(16-12-24)28-19-21-29(22-20-28)27-17-13-25(14-18-27)10-7-5-4-6-8-23-30/h4-5,24-29H,2-3,6-23H2,1H3/b5-4+. The van der Waals surface area contributed by atoms with Gasteiger partial charge in [-0.05, 0) is 113 Å². The Bertz CT molecular complexity index is 445. The number of hydrogen-bond donors (Lipinski definition) is 0. The van der Waals surface area contributed by atoms with Gasteiger partial charge < -0.3 is 0 Å². The Balaban J connectivity index is 1.27. The van der Waals surface area contributed by atoms with Crippen LogP contribution in [0.2, 0.25) is 0 Å². The molecule has 3 saturated carbocycles. The Kier molecular flexibility index (Phi) is 11.3. The van der Waals surface area contributed by atoms with Crippen molar-refractivity contribution in [3.63, 3.8) is 0 Å². The Hall–Kier alpha value is -0.330. The highest BCUT2D eigenvalue weighted by atomic mass is 19.1. The SMILES string of the molecule is CCCCC1CCC(C2CCC(C3CCC(CC/C=C/CCCF)CC3)CC2)CC1. The molecule has 0 aliphatic heterocycles. The van der Waals surface area contributed by atoms with Crippen LogP contribution in [0, 0.1) is 35.5 Å². The van der Waals surface area contributed by atoms with Crippen LogP contribution in [0.3, 0.4) is 0 Å². The van der Waals surface area contributed by atoms with Crippen molar-refractivity contribution in [1.29, 1.82) is 0 Å². The molecule has 3 aliphatic rings. The number of halogens is 1. The van der Waals surface area contributed by atoms with Crippen molar-refractivity contribution >= 4 is 0 Å². The van der Waals surface area contributed by atoms with E-state index < -0.39 is 0 Å². The van der Waals surface area contributed by atoms with E-state index in [-0.39, 0.29) is 6.67 Å². The summed E-state index contributed by atoms with van der Waals surface area (Å²) in [6.07, 6.45) is 31.4. The minimum absolute atomic E-state index is 0.170. The molecule has 0 nitrogen and oxygen atoms in total. The average molecular weight is 419 g/mol. The van der Waals surface area contributed by atoms with Crippen LogP contribution in [0.1, 0.15) is 129 Å². The summed E-state index contributed by atoms with van der Waals surface area (Å²) in [6, 6.07) is 0. The molecule has 0 aromatic carbocycles. The second kappa shape index (κ2) is 13.9. The topological polar surface area (TPSA) is 0 Å². The van der Waals surface area contributed by atoms with Gasteiger partial charge in [-0.15, -0.1) is 0 Å². The van der Waals surface area contributed by atoms with Gasteiger partial charge in [0.25, 0.3) is 0 Å². The maximum Gasteiger partial charge on any atom is 0.0897 e. The summed E-state index contributed by atoms with van der Waals surface area (Å²) in [4.78, 5) is 0. The van der Waals surface area contributed by atoms with Crippen LogP contribution in [0.4, 0.5) is 4.39 Å². The Labute approximate surface area is 187 Å². The van der Waals surface area contributed by atoms with Crippen molar-refractivity contribution in [2.75, 3.05) is 6.67 Å². The Morgan fingerprint density at radius 3 is 1.47 bits per heavy atom. The van der Waals surface area contributed by atoms with Crippen molar-refractivity contribution in [3.05, 3.63) is 12.2 Å². The van der Waals surface area contributed by atoms with E-state index in [1.54, 1.807) is 51.4 Å². The van der Waals surface area contributed by atoms with E-state index in [1.165, 1.54) is 57.8 Å². The molecule has 3 fully saturated rings. The summed E-state index contributed by atoms with van der Waals surface area (Å²) in [6.45, 7) is 2.17. The van der Waals surface area contributed by atoms with Crippen molar-refractivity contribution in [2.45, 2.75) is 129 Å². The maximum atomic E-state index is 12.1. The van der Waals surface area contributed by atoms with E-state index >= 15 is 0 Å². The maximum absolute atomic E-state index is 12.1. The van der Waals surface area contributed by atoms with Crippen LogP contribution < -0.4 is 0 Å². The lowest BCUT2D eigenvalue weighted by molar-refractivity contribution is 0.102. The van der Waals surface area contributed by atoms with Crippen LogP contribution in [0.25, 0.3) is 0 Å². The molecule has 3 aliphatic carbocycles. The third-order valence-corrected chi connectivity index (χ3v) is 9.31. The molecule has 0 radical (unpaired) electrons. The summed E-state index contributed by atoms with van der Waals surface area (Å²) in [5.74, 6) is 6.30. The number of rotatable bonds is 11. The van der Waals surface area contributed by atoms with E-state index in [0.29, 0.717) is 6.42 Å². The fraction of sp³-hybridized carbons (Fsp3) is 0.931. The van der Waals surface area contributed by atoms with Crippen molar-refractivity contribution in [2.24, 2.45) is 35.5 Å². The summed E-state index contributed by atoms with van der Waals surface area (Å²) in [5.41, 5.74) is 0. The highest BCUT2D eigenvalue weighted by Gasteiger charge is 2.34. The lowest BCUT2D eigenvalue weighted by Crippen LogP contribution is -2.29. The second-order valence-corrected chi connectivity index (χ2v) is 11.3. The van der Waals surface area contributed by atoms with Crippen molar-refractivity contribution < 1.29 is 4.39 Å². The smallest absolute Gasteiger partial charge is 0.0897 e. The molecule has 174 valence electrons. The first kappa shape index (κ1) is 24.3. The Morgan fingerprint density at radius 1 is 0.567 bits per heavy atom. The van der Waals surface area contributed by atoms with Crippen LogP contribution in [0.5, 0.6) is 0 Å². The first-order valence-electron chi connectivity index (χ1n) is 14.0. The minimum atomic E-state index is -0.170. The molecule has 3 rings (SSSR count). The Morgan fingerprint density at radius 2 is 1.00 bits per heavy atom. The molecule has 0 N–H and O–H groups in total. The highest BCUT2D eigenvalue weighted by Crippen LogP contribution is 2.46. The normalized spacial score (nSPS) is 35.7. The number of unbranched alkanes of at least 4 members (excludes halogenated alkanes) is 2. The fourth-order valence-electron chi connectivity index (χ4n) is 7.24. The number of allylic oxidation sites excluding steroid dienone is 2. The van der Waals surface area contributed by atoms with Crippen molar-refractivity contribution in [3.8, 4) is 0 Å². The molecule has 0 saturated heterocycles. The summed E-state index contributed by atoms with van der Waals surface area (Å²) in [5, 5.41) is 0. The highest BCUT2D eigenvalue weighted by molar-refractivity contribution is 4.87. The van der Waals surface area contributed by atoms with Gasteiger partial charge in [0.05, 0.1) is 6.67 Å². The second-order valence-electron chi connectivity index (χ2n) is 11.3. The molecule has 0 spiro atoms. The monoisotopic (exact) mass is 418 g/mol. The third kappa shape index (κ3) is 7.98. The largest absolute Gasteiger partial charge is 0.251 e. The van der Waals surface area contributed by atoms with Crippen molar-refractivity contribution in [1.82, 2.24) is 0 Å². The van der Waals surface area contributed by atoms with E-state index in [1.807, 2.05) is 0 Å². The van der Waals surface area contributed by atoms with Gasteiger partial charge in [-0.3, -0.25) is 4.39 Å².